The molecule has 1 N–H and O–H groups in total. The fraction of sp³-hybridized carbons (Fsp3) is 0.667. The van der Waals surface area contributed by atoms with Crippen molar-refractivity contribution in [1.29, 1.82) is 0 Å². The Morgan fingerprint density at radius 3 is 3.12 bits per heavy atom. The van der Waals surface area contributed by atoms with Crippen LogP contribution in [0.4, 0.5) is 0 Å². The second-order valence-electron chi connectivity index (χ2n) is 4.24. The standard InChI is InChI=1S/C12H19N3O2/c1-9-10(6-13-2)7-14-12(15-9)17-8-11-4-3-5-16-11/h7,11,13H,3-6,8H2,1-2H3. The number of nitrogens with zero attached hydrogens (tertiary/aromatic N) is 2. The average Bonchev–Trinajstić information content (AvgIpc) is 2.83. The maximum Gasteiger partial charge on any atom is 0.316 e. The molecule has 2 heterocycles. The first-order valence-electron chi connectivity index (χ1n) is 6.01. The zero-order valence-corrected chi connectivity index (χ0v) is 10.4. The molecular formula is C12H19N3O2. The molecule has 1 aliphatic heterocycles. The summed E-state index contributed by atoms with van der Waals surface area (Å²) in [6.45, 7) is 4.13. The maximum atomic E-state index is 5.54. The van der Waals surface area contributed by atoms with Gasteiger partial charge in [-0.1, -0.05) is 0 Å². The number of nitrogens with one attached hydrogen (secondary N) is 1. The highest BCUT2D eigenvalue weighted by molar-refractivity contribution is 5.17. The van der Waals surface area contributed by atoms with Crippen molar-refractivity contribution in [2.24, 2.45) is 0 Å². The van der Waals surface area contributed by atoms with Crippen molar-refractivity contribution in [3.05, 3.63) is 17.5 Å². The first-order valence-corrected chi connectivity index (χ1v) is 6.01. The van der Waals surface area contributed by atoms with Crippen molar-refractivity contribution < 1.29 is 9.47 Å². The van der Waals surface area contributed by atoms with Crippen LogP contribution in [0, 0.1) is 6.92 Å². The maximum absolute atomic E-state index is 5.54. The minimum Gasteiger partial charge on any atom is -0.461 e. The second-order valence-corrected chi connectivity index (χ2v) is 4.24. The smallest absolute Gasteiger partial charge is 0.316 e. The normalized spacial score (nSPS) is 19.5. The van der Waals surface area contributed by atoms with Gasteiger partial charge in [0, 0.05) is 30.6 Å². The van der Waals surface area contributed by atoms with Gasteiger partial charge in [-0.15, -0.1) is 0 Å². The largest absolute Gasteiger partial charge is 0.461 e. The van der Waals surface area contributed by atoms with E-state index in [9.17, 15) is 0 Å². The number of ether oxygens (including phenoxy) is 2. The summed E-state index contributed by atoms with van der Waals surface area (Å²) in [7, 11) is 1.90. The first kappa shape index (κ1) is 12.3. The van der Waals surface area contributed by atoms with Crippen molar-refractivity contribution in [1.82, 2.24) is 15.3 Å². The molecule has 1 aromatic rings. The van der Waals surface area contributed by atoms with Gasteiger partial charge in [-0.3, -0.25) is 0 Å². The zero-order valence-electron chi connectivity index (χ0n) is 10.4. The predicted molar refractivity (Wildman–Crippen MR) is 64.0 cm³/mol. The van der Waals surface area contributed by atoms with E-state index in [1.54, 1.807) is 0 Å². The van der Waals surface area contributed by atoms with Gasteiger partial charge in [-0.2, -0.15) is 0 Å². The molecule has 0 saturated carbocycles. The first-order chi connectivity index (χ1) is 8.29. The average molecular weight is 237 g/mol. The predicted octanol–water partition coefficient (Wildman–Crippen LogP) is 1.06. The monoisotopic (exact) mass is 237 g/mol. The highest BCUT2D eigenvalue weighted by Crippen LogP contribution is 2.14. The minimum atomic E-state index is 0.205. The van der Waals surface area contributed by atoms with Gasteiger partial charge in [0.25, 0.3) is 0 Å². The molecule has 17 heavy (non-hydrogen) atoms. The van der Waals surface area contributed by atoms with Gasteiger partial charge in [0.1, 0.15) is 6.61 Å². The van der Waals surface area contributed by atoms with E-state index in [4.69, 9.17) is 9.47 Å². The van der Waals surface area contributed by atoms with E-state index in [2.05, 4.69) is 15.3 Å². The Kier molecular flexibility index (Phi) is 4.28. The number of aryl methyl sites for hydroxylation is 1. The summed E-state index contributed by atoms with van der Waals surface area (Å²) in [4.78, 5) is 8.51. The van der Waals surface area contributed by atoms with Crippen LogP contribution < -0.4 is 10.1 Å². The molecule has 0 aliphatic carbocycles. The molecule has 94 valence electrons. The molecule has 1 aliphatic rings. The van der Waals surface area contributed by atoms with Gasteiger partial charge in [0.15, 0.2) is 0 Å². The Morgan fingerprint density at radius 1 is 1.59 bits per heavy atom. The molecule has 2 rings (SSSR count). The lowest BCUT2D eigenvalue weighted by Gasteiger charge is -2.11. The van der Waals surface area contributed by atoms with Gasteiger partial charge in [0.05, 0.1) is 6.10 Å². The van der Waals surface area contributed by atoms with Crippen LogP contribution in [0.2, 0.25) is 0 Å². The lowest BCUT2D eigenvalue weighted by atomic mass is 10.2. The molecule has 1 aromatic heterocycles. The van der Waals surface area contributed by atoms with E-state index in [1.165, 1.54) is 0 Å². The molecule has 0 bridgehead atoms. The van der Waals surface area contributed by atoms with E-state index in [-0.39, 0.29) is 6.10 Å². The van der Waals surface area contributed by atoms with Gasteiger partial charge in [-0.25, -0.2) is 9.97 Å². The lowest BCUT2D eigenvalue weighted by molar-refractivity contribution is 0.0644. The molecule has 0 spiro atoms. The van der Waals surface area contributed by atoms with Crippen LogP contribution in [0.5, 0.6) is 6.01 Å². The van der Waals surface area contributed by atoms with E-state index in [0.29, 0.717) is 12.6 Å². The summed E-state index contributed by atoms with van der Waals surface area (Å²) in [5.74, 6) is 0. The van der Waals surface area contributed by atoms with Crippen LogP contribution >= 0.6 is 0 Å². The third-order valence-electron chi connectivity index (χ3n) is 2.85. The molecule has 1 unspecified atom stereocenters. The zero-order chi connectivity index (χ0) is 12.1. The summed E-state index contributed by atoms with van der Waals surface area (Å²) in [6, 6.07) is 0.442. The Bertz CT molecular complexity index is 365. The summed E-state index contributed by atoms with van der Waals surface area (Å²) in [6.07, 6.45) is 4.20. The van der Waals surface area contributed by atoms with Crippen molar-refractivity contribution in [2.45, 2.75) is 32.4 Å². The molecule has 1 atom stereocenters. The highest BCUT2D eigenvalue weighted by Gasteiger charge is 2.16. The van der Waals surface area contributed by atoms with Crippen molar-refractivity contribution in [3.63, 3.8) is 0 Å². The molecule has 0 amide bonds. The summed E-state index contributed by atoms with van der Waals surface area (Å²) >= 11 is 0. The van der Waals surface area contributed by atoms with Crippen molar-refractivity contribution >= 4 is 0 Å². The van der Waals surface area contributed by atoms with Crippen LogP contribution in [0.3, 0.4) is 0 Å². The van der Waals surface area contributed by atoms with E-state index >= 15 is 0 Å². The highest BCUT2D eigenvalue weighted by atomic mass is 16.5. The molecule has 1 fully saturated rings. The lowest BCUT2D eigenvalue weighted by Crippen LogP contribution is -2.18. The van der Waals surface area contributed by atoms with Gasteiger partial charge in [0.2, 0.25) is 0 Å². The van der Waals surface area contributed by atoms with Gasteiger partial charge in [-0.05, 0) is 26.8 Å². The Hall–Kier alpha value is -1.20. The van der Waals surface area contributed by atoms with Gasteiger partial charge >= 0.3 is 6.01 Å². The number of aromatic nitrogens is 2. The molecule has 0 aromatic carbocycles. The minimum absolute atomic E-state index is 0.205. The third-order valence-corrected chi connectivity index (χ3v) is 2.85. The van der Waals surface area contributed by atoms with E-state index in [1.807, 2.05) is 20.2 Å². The Morgan fingerprint density at radius 2 is 2.47 bits per heavy atom. The van der Waals surface area contributed by atoms with Crippen LogP contribution in [-0.2, 0) is 11.3 Å². The number of hydrogen-bond acceptors (Lipinski definition) is 5. The van der Waals surface area contributed by atoms with Crippen molar-refractivity contribution in [2.75, 3.05) is 20.3 Å². The SMILES string of the molecule is CNCc1cnc(OCC2CCCO2)nc1C. The molecule has 0 radical (unpaired) electrons. The molecule has 5 heteroatoms. The second kappa shape index (κ2) is 5.93. The molecule has 5 nitrogen and oxygen atoms in total. The summed E-state index contributed by atoms with van der Waals surface area (Å²) in [5.41, 5.74) is 2.05. The van der Waals surface area contributed by atoms with E-state index < -0.39 is 0 Å². The van der Waals surface area contributed by atoms with Crippen LogP contribution in [0.1, 0.15) is 24.1 Å². The van der Waals surface area contributed by atoms with Gasteiger partial charge < -0.3 is 14.8 Å². The number of rotatable bonds is 5. The fourth-order valence-corrected chi connectivity index (χ4v) is 1.85. The Labute approximate surface area is 102 Å². The quantitative estimate of drug-likeness (QED) is 0.830. The van der Waals surface area contributed by atoms with Crippen LogP contribution in [-0.4, -0.2) is 36.3 Å². The van der Waals surface area contributed by atoms with Crippen LogP contribution in [0.15, 0.2) is 6.20 Å². The number of hydrogen-bond donors (Lipinski definition) is 1. The molecular weight excluding hydrogens is 218 g/mol. The summed E-state index contributed by atoms with van der Waals surface area (Å²) in [5, 5.41) is 3.08. The van der Waals surface area contributed by atoms with Crippen LogP contribution in [0.25, 0.3) is 0 Å². The van der Waals surface area contributed by atoms with Crippen molar-refractivity contribution in [3.8, 4) is 6.01 Å². The summed E-state index contributed by atoms with van der Waals surface area (Å²) < 4.78 is 11.0. The Balaban J connectivity index is 1.90. The fourth-order valence-electron chi connectivity index (χ4n) is 1.85. The topological polar surface area (TPSA) is 56.3 Å². The van der Waals surface area contributed by atoms with E-state index in [0.717, 1.165) is 37.3 Å². The molecule has 1 saturated heterocycles. The third kappa shape index (κ3) is 3.38.